The molecule has 3 rings (SSSR count). The lowest BCUT2D eigenvalue weighted by Gasteiger charge is -2.08. The highest BCUT2D eigenvalue weighted by Gasteiger charge is 2.18. The minimum Gasteiger partial charge on any atom is -0.453 e. The molecule has 0 N–H and O–H groups in total. The standard InChI is InChI=1S/C20H21NO4S/c1-13-10-16(14(2)21(13)8-9-24-3)17(22)12-25-20(23)19-11-15-6-4-5-7-18(15)26-19/h4-7,10-11H,8-9,12H2,1-3H3. The van der Waals surface area contributed by atoms with Gasteiger partial charge in [-0.05, 0) is 37.4 Å². The summed E-state index contributed by atoms with van der Waals surface area (Å²) in [6, 6.07) is 11.4. The van der Waals surface area contributed by atoms with E-state index >= 15 is 0 Å². The predicted octanol–water partition coefficient (Wildman–Crippen LogP) is 4.01. The lowest BCUT2D eigenvalue weighted by molar-refractivity contribution is 0.0479. The van der Waals surface area contributed by atoms with Gasteiger partial charge in [0.15, 0.2) is 6.61 Å². The van der Waals surface area contributed by atoms with Gasteiger partial charge in [-0.3, -0.25) is 4.79 Å². The highest BCUT2D eigenvalue weighted by molar-refractivity contribution is 7.20. The number of aryl methyl sites for hydroxylation is 1. The zero-order valence-electron chi connectivity index (χ0n) is 15.1. The maximum absolute atomic E-state index is 12.5. The average Bonchev–Trinajstić information content (AvgIpc) is 3.19. The van der Waals surface area contributed by atoms with E-state index in [1.165, 1.54) is 11.3 Å². The Labute approximate surface area is 156 Å². The van der Waals surface area contributed by atoms with Crippen molar-refractivity contribution in [3.63, 3.8) is 0 Å². The molecular weight excluding hydrogens is 350 g/mol. The fourth-order valence-electron chi connectivity index (χ4n) is 2.97. The molecule has 0 radical (unpaired) electrons. The SMILES string of the molecule is COCCn1c(C)cc(C(=O)COC(=O)c2cc3ccccc3s2)c1C. The number of hydrogen-bond donors (Lipinski definition) is 0. The number of benzene rings is 1. The summed E-state index contributed by atoms with van der Waals surface area (Å²) in [6.45, 7) is 4.84. The lowest BCUT2D eigenvalue weighted by Crippen LogP contribution is -2.15. The number of esters is 1. The van der Waals surface area contributed by atoms with Crippen molar-refractivity contribution in [2.24, 2.45) is 0 Å². The maximum Gasteiger partial charge on any atom is 0.348 e. The number of methoxy groups -OCH3 is 1. The van der Waals surface area contributed by atoms with Crippen LogP contribution >= 0.6 is 11.3 Å². The zero-order chi connectivity index (χ0) is 18.7. The van der Waals surface area contributed by atoms with Crippen molar-refractivity contribution >= 4 is 33.2 Å². The Morgan fingerprint density at radius 1 is 1.15 bits per heavy atom. The number of thiophene rings is 1. The second kappa shape index (κ2) is 7.85. The van der Waals surface area contributed by atoms with Gasteiger partial charge in [0.1, 0.15) is 4.88 Å². The van der Waals surface area contributed by atoms with Gasteiger partial charge in [0.05, 0.1) is 6.61 Å². The van der Waals surface area contributed by atoms with E-state index < -0.39 is 5.97 Å². The van der Waals surface area contributed by atoms with Gasteiger partial charge in [-0.1, -0.05) is 18.2 Å². The number of carbonyl (C=O) groups excluding carboxylic acids is 2. The summed E-state index contributed by atoms with van der Waals surface area (Å²) < 4.78 is 13.4. The molecule has 0 aliphatic rings. The number of rotatable bonds is 7. The first-order chi connectivity index (χ1) is 12.5. The largest absolute Gasteiger partial charge is 0.453 e. The van der Waals surface area contributed by atoms with Crippen LogP contribution in [-0.2, 0) is 16.0 Å². The lowest BCUT2D eigenvalue weighted by atomic mass is 10.1. The van der Waals surface area contributed by atoms with Crippen molar-refractivity contribution in [3.8, 4) is 0 Å². The van der Waals surface area contributed by atoms with Gasteiger partial charge in [0.2, 0.25) is 5.78 Å². The molecule has 2 aromatic heterocycles. The van der Waals surface area contributed by atoms with E-state index in [-0.39, 0.29) is 12.4 Å². The Hall–Kier alpha value is -2.44. The molecule has 5 nitrogen and oxygen atoms in total. The molecule has 0 amide bonds. The fraction of sp³-hybridized carbons (Fsp3) is 0.300. The minimum atomic E-state index is -0.465. The number of fused-ring (bicyclic) bond motifs is 1. The summed E-state index contributed by atoms with van der Waals surface area (Å²) >= 11 is 1.37. The molecule has 0 aliphatic carbocycles. The molecule has 3 aromatic rings. The quantitative estimate of drug-likeness (QED) is 0.465. The van der Waals surface area contributed by atoms with E-state index in [9.17, 15) is 9.59 Å². The van der Waals surface area contributed by atoms with Crippen LogP contribution in [-0.4, -0.2) is 36.6 Å². The van der Waals surface area contributed by atoms with Crippen molar-refractivity contribution < 1.29 is 19.1 Å². The molecule has 0 saturated heterocycles. The van der Waals surface area contributed by atoms with Crippen LogP contribution in [0, 0.1) is 13.8 Å². The third-order valence-corrected chi connectivity index (χ3v) is 5.45. The van der Waals surface area contributed by atoms with E-state index in [0.29, 0.717) is 23.6 Å². The highest BCUT2D eigenvalue weighted by Crippen LogP contribution is 2.26. The Morgan fingerprint density at radius 2 is 1.92 bits per heavy atom. The first-order valence-electron chi connectivity index (χ1n) is 8.36. The molecule has 0 bridgehead atoms. The topological polar surface area (TPSA) is 57.5 Å². The molecule has 0 aliphatic heterocycles. The third kappa shape index (κ3) is 3.71. The summed E-state index contributed by atoms with van der Waals surface area (Å²) in [5, 5.41) is 0.998. The van der Waals surface area contributed by atoms with Crippen LogP contribution in [0.25, 0.3) is 10.1 Å². The number of carbonyl (C=O) groups is 2. The van der Waals surface area contributed by atoms with Gasteiger partial charge >= 0.3 is 5.97 Å². The molecule has 0 spiro atoms. The highest BCUT2D eigenvalue weighted by atomic mass is 32.1. The van der Waals surface area contributed by atoms with Crippen LogP contribution < -0.4 is 0 Å². The van der Waals surface area contributed by atoms with Gasteiger partial charge in [-0.15, -0.1) is 11.3 Å². The molecule has 0 fully saturated rings. The van der Waals surface area contributed by atoms with Crippen LogP contribution in [0.15, 0.2) is 36.4 Å². The normalized spacial score (nSPS) is 11.0. The minimum absolute atomic E-state index is 0.198. The Balaban J connectivity index is 1.67. The van der Waals surface area contributed by atoms with Gasteiger partial charge in [0, 0.05) is 35.3 Å². The Morgan fingerprint density at radius 3 is 2.65 bits per heavy atom. The van der Waals surface area contributed by atoms with Crippen molar-refractivity contribution in [2.75, 3.05) is 20.3 Å². The van der Waals surface area contributed by atoms with Crippen LogP contribution in [0.5, 0.6) is 0 Å². The molecule has 0 unspecified atom stereocenters. The number of Topliss-reactive ketones (excluding diaryl/α,β-unsaturated/α-hetero) is 1. The number of ether oxygens (including phenoxy) is 2. The molecule has 26 heavy (non-hydrogen) atoms. The van der Waals surface area contributed by atoms with E-state index in [1.54, 1.807) is 13.2 Å². The number of nitrogens with zero attached hydrogens (tertiary/aromatic N) is 1. The van der Waals surface area contributed by atoms with Crippen LogP contribution in [0.1, 0.15) is 31.4 Å². The predicted molar refractivity (Wildman–Crippen MR) is 102 cm³/mol. The number of ketones is 1. The van der Waals surface area contributed by atoms with E-state index in [1.807, 2.05) is 48.7 Å². The van der Waals surface area contributed by atoms with Gasteiger partial charge in [0.25, 0.3) is 0 Å². The van der Waals surface area contributed by atoms with Crippen molar-refractivity contribution in [2.45, 2.75) is 20.4 Å². The monoisotopic (exact) mass is 371 g/mol. The summed E-state index contributed by atoms with van der Waals surface area (Å²) in [5.74, 6) is -0.663. The summed E-state index contributed by atoms with van der Waals surface area (Å²) in [5.41, 5.74) is 2.43. The third-order valence-electron chi connectivity index (χ3n) is 4.35. The fourth-order valence-corrected chi connectivity index (χ4v) is 3.93. The molecule has 0 saturated carbocycles. The average molecular weight is 371 g/mol. The van der Waals surface area contributed by atoms with E-state index in [4.69, 9.17) is 9.47 Å². The summed E-state index contributed by atoms with van der Waals surface area (Å²) in [6.07, 6.45) is 0. The first-order valence-corrected chi connectivity index (χ1v) is 9.17. The molecule has 1 aromatic carbocycles. The van der Waals surface area contributed by atoms with Crippen molar-refractivity contribution in [1.82, 2.24) is 4.57 Å². The van der Waals surface area contributed by atoms with Crippen LogP contribution in [0.4, 0.5) is 0 Å². The molecular formula is C20H21NO4S. The zero-order valence-corrected chi connectivity index (χ0v) is 15.9. The molecule has 2 heterocycles. The Bertz CT molecular complexity index is 921. The summed E-state index contributed by atoms with van der Waals surface area (Å²) in [4.78, 5) is 25.3. The van der Waals surface area contributed by atoms with Gasteiger partial charge in [-0.2, -0.15) is 0 Å². The van der Waals surface area contributed by atoms with Gasteiger partial charge < -0.3 is 14.0 Å². The van der Waals surface area contributed by atoms with E-state index in [0.717, 1.165) is 21.5 Å². The smallest absolute Gasteiger partial charge is 0.348 e. The van der Waals surface area contributed by atoms with Crippen LogP contribution in [0.3, 0.4) is 0 Å². The maximum atomic E-state index is 12.5. The van der Waals surface area contributed by atoms with Crippen molar-refractivity contribution in [3.05, 3.63) is 58.2 Å². The molecule has 0 atom stereocenters. The first kappa shape index (κ1) is 18.4. The summed E-state index contributed by atoms with van der Waals surface area (Å²) in [7, 11) is 1.65. The Kier molecular flexibility index (Phi) is 5.54. The van der Waals surface area contributed by atoms with Crippen molar-refractivity contribution in [1.29, 1.82) is 0 Å². The second-order valence-electron chi connectivity index (χ2n) is 6.08. The van der Waals surface area contributed by atoms with E-state index in [2.05, 4.69) is 0 Å². The number of aromatic nitrogens is 1. The second-order valence-corrected chi connectivity index (χ2v) is 7.16. The number of hydrogen-bond acceptors (Lipinski definition) is 5. The van der Waals surface area contributed by atoms with Crippen LogP contribution in [0.2, 0.25) is 0 Å². The van der Waals surface area contributed by atoms with Gasteiger partial charge in [-0.25, -0.2) is 4.79 Å². The molecule has 136 valence electrons. The molecule has 6 heteroatoms.